The lowest BCUT2D eigenvalue weighted by molar-refractivity contribution is -0.131. The molecule has 0 bridgehead atoms. The van der Waals surface area contributed by atoms with Gasteiger partial charge in [0.2, 0.25) is 0 Å². The Labute approximate surface area is 53.7 Å². The second kappa shape index (κ2) is 3.56. The number of hydrogen-bond acceptors (Lipinski definition) is 2. The number of aliphatic hydroxyl groups excluding tert-OH is 1. The van der Waals surface area contributed by atoms with Crippen LogP contribution in [0.1, 0.15) is 20.3 Å². The molecule has 0 aliphatic rings. The van der Waals surface area contributed by atoms with Gasteiger partial charge in [0.05, 0.1) is 0 Å². The van der Waals surface area contributed by atoms with Crippen LogP contribution in [-0.2, 0) is 4.79 Å². The molecule has 0 radical (unpaired) electrons. The first kappa shape index (κ1) is 8.56. The first-order valence-corrected chi connectivity index (χ1v) is 2.95. The quantitative estimate of drug-likeness (QED) is 0.616. The molecule has 0 spiro atoms. The van der Waals surface area contributed by atoms with E-state index in [2.05, 4.69) is 0 Å². The molecule has 2 atom stereocenters. The average molecular weight is 134 g/mol. The van der Waals surface area contributed by atoms with Crippen molar-refractivity contribution in [1.82, 2.24) is 0 Å². The molecule has 0 aromatic heterocycles. The predicted octanol–water partition coefficient (Wildman–Crippen LogP) is 0.684. The van der Waals surface area contributed by atoms with Gasteiger partial charge in [-0.15, -0.1) is 0 Å². The van der Waals surface area contributed by atoms with Crippen molar-refractivity contribution in [3.8, 4) is 0 Å². The molecule has 3 heteroatoms. The summed E-state index contributed by atoms with van der Waals surface area (Å²) in [6.07, 6.45) is -2.52. The van der Waals surface area contributed by atoms with E-state index in [1.54, 1.807) is 6.92 Å². The molecule has 2 unspecified atom stereocenters. The minimum Gasteiger partial charge on any atom is -0.386 e. The molecule has 0 fully saturated rings. The van der Waals surface area contributed by atoms with Crippen LogP contribution in [0.2, 0.25) is 0 Å². The third-order valence-electron chi connectivity index (χ3n) is 1.08. The summed E-state index contributed by atoms with van der Waals surface area (Å²) < 4.78 is 12.3. The maximum Gasteiger partial charge on any atom is 0.194 e. The van der Waals surface area contributed by atoms with Crippen LogP contribution < -0.4 is 0 Å². The van der Waals surface area contributed by atoms with Gasteiger partial charge in [-0.2, -0.15) is 0 Å². The van der Waals surface area contributed by atoms with E-state index in [4.69, 9.17) is 5.11 Å². The number of hydrogen-bond donors (Lipinski definition) is 1. The maximum absolute atomic E-state index is 12.3. The third kappa shape index (κ3) is 2.56. The Hall–Kier alpha value is -0.440. The normalized spacial score (nSPS) is 16.9. The second-order valence-electron chi connectivity index (χ2n) is 1.95. The summed E-state index contributed by atoms with van der Waals surface area (Å²) >= 11 is 0. The number of ketones is 1. The molecule has 0 aromatic carbocycles. The zero-order valence-corrected chi connectivity index (χ0v) is 5.60. The van der Waals surface area contributed by atoms with E-state index in [0.717, 1.165) is 0 Å². The Morgan fingerprint density at radius 3 is 2.33 bits per heavy atom. The predicted molar refractivity (Wildman–Crippen MR) is 31.9 cm³/mol. The summed E-state index contributed by atoms with van der Waals surface area (Å²) in [6.45, 7) is 2.83. The summed E-state index contributed by atoms with van der Waals surface area (Å²) in [4.78, 5) is 10.4. The number of carbonyl (C=O) groups is 1. The lowest BCUT2D eigenvalue weighted by Crippen LogP contribution is -2.26. The van der Waals surface area contributed by atoms with Gasteiger partial charge in [-0.1, -0.05) is 6.92 Å². The van der Waals surface area contributed by atoms with E-state index >= 15 is 0 Å². The minimum absolute atomic E-state index is 0.143. The number of aliphatic hydroxyl groups is 1. The van der Waals surface area contributed by atoms with Gasteiger partial charge in [-0.25, -0.2) is 4.39 Å². The topological polar surface area (TPSA) is 37.3 Å². The van der Waals surface area contributed by atoms with Gasteiger partial charge >= 0.3 is 0 Å². The van der Waals surface area contributed by atoms with Crippen LogP contribution in [0.15, 0.2) is 0 Å². The lowest BCUT2D eigenvalue weighted by atomic mass is 10.1. The van der Waals surface area contributed by atoms with Crippen molar-refractivity contribution in [1.29, 1.82) is 0 Å². The summed E-state index contributed by atoms with van der Waals surface area (Å²) in [5, 5.41) is 8.53. The molecule has 54 valence electrons. The first-order chi connectivity index (χ1) is 4.09. The Balaban J connectivity index is 3.73. The zero-order valence-electron chi connectivity index (χ0n) is 5.60. The average Bonchev–Trinajstić information content (AvgIpc) is 1.84. The molecule has 0 heterocycles. The van der Waals surface area contributed by atoms with Crippen molar-refractivity contribution in [3.05, 3.63) is 0 Å². The van der Waals surface area contributed by atoms with Crippen LogP contribution >= 0.6 is 0 Å². The van der Waals surface area contributed by atoms with Crippen molar-refractivity contribution < 1.29 is 14.3 Å². The number of carbonyl (C=O) groups excluding carboxylic acids is 1. The molecular weight excluding hydrogens is 123 g/mol. The van der Waals surface area contributed by atoms with Gasteiger partial charge in [-0.05, 0) is 13.3 Å². The molecule has 0 saturated carbocycles. The van der Waals surface area contributed by atoms with Crippen LogP contribution in [0.3, 0.4) is 0 Å². The lowest BCUT2D eigenvalue weighted by Gasteiger charge is -2.04. The first-order valence-electron chi connectivity index (χ1n) is 2.95. The Morgan fingerprint density at radius 2 is 2.22 bits per heavy atom. The van der Waals surface area contributed by atoms with Gasteiger partial charge in [0.15, 0.2) is 12.0 Å². The summed E-state index contributed by atoms with van der Waals surface area (Å²) in [6, 6.07) is 0. The third-order valence-corrected chi connectivity index (χ3v) is 1.08. The molecular formula is C6H11FO2. The van der Waals surface area contributed by atoms with E-state index in [0.29, 0.717) is 0 Å². The Morgan fingerprint density at radius 1 is 1.78 bits per heavy atom. The largest absolute Gasteiger partial charge is 0.386 e. The van der Waals surface area contributed by atoms with Crippen LogP contribution in [-0.4, -0.2) is 23.2 Å². The summed E-state index contributed by atoms with van der Waals surface area (Å²) in [5.74, 6) is -0.725. The van der Waals surface area contributed by atoms with Crippen LogP contribution in [0, 0.1) is 0 Å². The Kier molecular flexibility index (Phi) is 3.39. The molecule has 0 aliphatic carbocycles. The smallest absolute Gasteiger partial charge is 0.194 e. The van der Waals surface area contributed by atoms with Gasteiger partial charge in [0, 0.05) is 0 Å². The van der Waals surface area contributed by atoms with Crippen molar-refractivity contribution >= 4 is 5.78 Å². The molecule has 0 amide bonds. The fraction of sp³-hybridized carbons (Fsp3) is 0.833. The molecule has 0 rings (SSSR count). The fourth-order valence-corrected chi connectivity index (χ4v) is 0.463. The zero-order chi connectivity index (χ0) is 7.44. The molecule has 1 N–H and O–H groups in total. The van der Waals surface area contributed by atoms with Crippen LogP contribution in [0.5, 0.6) is 0 Å². The van der Waals surface area contributed by atoms with Gasteiger partial charge in [0.1, 0.15) is 6.10 Å². The number of rotatable bonds is 3. The summed E-state index contributed by atoms with van der Waals surface area (Å²) in [5.41, 5.74) is 0. The maximum atomic E-state index is 12.3. The minimum atomic E-state index is -1.50. The van der Waals surface area contributed by atoms with Crippen molar-refractivity contribution in [2.24, 2.45) is 0 Å². The molecule has 0 aromatic rings. The SMILES string of the molecule is CCC(F)C(=O)C(C)O. The highest BCUT2D eigenvalue weighted by atomic mass is 19.1. The van der Waals surface area contributed by atoms with Gasteiger partial charge in [-0.3, -0.25) is 4.79 Å². The number of Topliss-reactive ketones (excluding diaryl/α,β-unsaturated/α-hetero) is 1. The second-order valence-corrected chi connectivity index (χ2v) is 1.95. The molecule has 0 aliphatic heterocycles. The van der Waals surface area contributed by atoms with E-state index in [-0.39, 0.29) is 6.42 Å². The Bertz CT molecular complexity index is 101. The number of halogens is 1. The van der Waals surface area contributed by atoms with E-state index < -0.39 is 18.1 Å². The molecule has 9 heavy (non-hydrogen) atoms. The van der Waals surface area contributed by atoms with Crippen molar-refractivity contribution in [3.63, 3.8) is 0 Å². The van der Waals surface area contributed by atoms with Crippen LogP contribution in [0.4, 0.5) is 4.39 Å². The fourth-order valence-electron chi connectivity index (χ4n) is 0.463. The standard InChI is InChI=1S/C6H11FO2/c1-3-5(7)6(9)4(2)8/h4-5,8H,3H2,1-2H3. The molecule has 2 nitrogen and oxygen atoms in total. The monoisotopic (exact) mass is 134 g/mol. The van der Waals surface area contributed by atoms with Crippen molar-refractivity contribution in [2.75, 3.05) is 0 Å². The molecule has 0 saturated heterocycles. The van der Waals surface area contributed by atoms with Crippen molar-refractivity contribution in [2.45, 2.75) is 32.5 Å². The highest BCUT2D eigenvalue weighted by Gasteiger charge is 2.18. The summed E-state index contributed by atoms with van der Waals surface area (Å²) in [7, 11) is 0. The van der Waals surface area contributed by atoms with E-state index in [1.165, 1.54) is 6.92 Å². The van der Waals surface area contributed by atoms with Gasteiger partial charge < -0.3 is 5.11 Å². The highest BCUT2D eigenvalue weighted by Crippen LogP contribution is 2.00. The highest BCUT2D eigenvalue weighted by molar-refractivity contribution is 5.86. The van der Waals surface area contributed by atoms with E-state index in [1.807, 2.05) is 0 Å². The number of alkyl halides is 1. The van der Waals surface area contributed by atoms with Crippen LogP contribution in [0.25, 0.3) is 0 Å². The van der Waals surface area contributed by atoms with Gasteiger partial charge in [0.25, 0.3) is 0 Å². The van der Waals surface area contributed by atoms with E-state index in [9.17, 15) is 9.18 Å².